The Labute approximate surface area is 126 Å². The van der Waals surface area contributed by atoms with Crippen molar-refractivity contribution in [3.05, 3.63) is 41.8 Å². The molecule has 0 fully saturated rings. The lowest BCUT2D eigenvalue weighted by atomic mass is 10.1. The van der Waals surface area contributed by atoms with Crippen LogP contribution in [0.4, 0.5) is 9.80 Å². The molecule has 0 aliphatic heterocycles. The van der Waals surface area contributed by atoms with E-state index < -0.39 is 18.7 Å². The third kappa shape index (κ3) is 4.32. The van der Waals surface area contributed by atoms with Gasteiger partial charge < -0.3 is 9.47 Å². The predicted octanol–water partition coefficient (Wildman–Crippen LogP) is 3.53. The van der Waals surface area contributed by atoms with Crippen molar-refractivity contribution in [1.82, 2.24) is 0 Å². The summed E-state index contributed by atoms with van der Waals surface area (Å²) in [6.45, 7) is 1.55. The fourth-order valence-corrected chi connectivity index (χ4v) is 2.50. The van der Waals surface area contributed by atoms with Crippen LogP contribution in [-0.4, -0.2) is 25.3 Å². The molecule has 5 nitrogen and oxygen atoms in total. The highest BCUT2D eigenvalue weighted by atomic mass is 32.1. The molecule has 1 aromatic carbocycles. The van der Waals surface area contributed by atoms with Gasteiger partial charge in [0.1, 0.15) is 5.00 Å². The van der Waals surface area contributed by atoms with Gasteiger partial charge in [-0.25, -0.2) is 9.59 Å². The van der Waals surface area contributed by atoms with Gasteiger partial charge in [0.05, 0.1) is 6.61 Å². The second-order valence-corrected chi connectivity index (χ2v) is 4.95. The average Bonchev–Trinajstić information content (AvgIpc) is 2.94. The third-order valence-corrected chi connectivity index (χ3v) is 3.42. The van der Waals surface area contributed by atoms with E-state index in [9.17, 15) is 9.59 Å². The molecule has 1 aromatic heterocycles. The maximum atomic E-state index is 11.7. The molecule has 21 heavy (non-hydrogen) atoms. The number of hydrogen-bond donors (Lipinski definition) is 1. The van der Waals surface area contributed by atoms with Crippen LogP contribution < -0.4 is 5.32 Å². The SMILES string of the molecule is CCOC(=O)COC(=O)Nc1sccc1-c1ccccc1. The minimum absolute atomic E-state index is 0.257. The zero-order valence-corrected chi connectivity index (χ0v) is 12.3. The normalized spacial score (nSPS) is 9.95. The molecular weight excluding hydrogens is 290 g/mol. The van der Waals surface area contributed by atoms with Crippen LogP contribution >= 0.6 is 11.3 Å². The van der Waals surface area contributed by atoms with E-state index >= 15 is 0 Å². The van der Waals surface area contributed by atoms with Crippen molar-refractivity contribution in [3.8, 4) is 11.1 Å². The average molecular weight is 305 g/mol. The Morgan fingerprint density at radius 3 is 2.62 bits per heavy atom. The number of carbonyl (C=O) groups is 2. The number of rotatable bonds is 5. The third-order valence-electron chi connectivity index (χ3n) is 2.59. The minimum Gasteiger partial charge on any atom is -0.463 e. The molecular formula is C15H15NO4S. The number of amides is 1. The molecule has 2 aromatic rings. The number of carbonyl (C=O) groups excluding carboxylic acids is 2. The van der Waals surface area contributed by atoms with E-state index in [0.29, 0.717) is 5.00 Å². The molecule has 2 rings (SSSR count). The number of hydrogen-bond acceptors (Lipinski definition) is 5. The first-order valence-electron chi connectivity index (χ1n) is 6.43. The summed E-state index contributed by atoms with van der Waals surface area (Å²) < 4.78 is 9.48. The van der Waals surface area contributed by atoms with Crippen molar-refractivity contribution in [2.45, 2.75) is 6.92 Å². The van der Waals surface area contributed by atoms with Crippen molar-refractivity contribution in [2.24, 2.45) is 0 Å². The van der Waals surface area contributed by atoms with Gasteiger partial charge in [-0.05, 0) is 23.9 Å². The van der Waals surface area contributed by atoms with Gasteiger partial charge in [-0.2, -0.15) is 0 Å². The van der Waals surface area contributed by atoms with E-state index in [4.69, 9.17) is 4.74 Å². The summed E-state index contributed by atoms with van der Waals surface area (Å²) in [5.74, 6) is -0.567. The Hall–Kier alpha value is -2.34. The van der Waals surface area contributed by atoms with Crippen molar-refractivity contribution in [2.75, 3.05) is 18.5 Å². The molecule has 0 spiro atoms. The lowest BCUT2D eigenvalue weighted by Gasteiger charge is -2.07. The second-order valence-electron chi connectivity index (χ2n) is 4.04. The smallest absolute Gasteiger partial charge is 0.412 e. The van der Waals surface area contributed by atoms with Gasteiger partial charge in [0.2, 0.25) is 0 Å². The monoisotopic (exact) mass is 305 g/mol. The number of anilines is 1. The van der Waals surface area contributed by atoms with Crippen LogP contribution in [0.15, 0.2) is 41.8 Å². The highest BCUT2D eigenvalue weighted by Crippen LogP contribution is 2.32. The molecule has 0 saturated carbocycles. The maximum absolute atomic E-state index is 11.7. The molecule has 0 aliphatic carbocycles. The summed E-state index contributed by atoms with van der Waals surface area (Å²) in [6.07, 6.45) is -0.678. The van der Waals surface area contributed by atoms with Crippen molar-refractivity contribution in [3.63, 3.8) is 0 Å². The second kappa shape index (κ2) is 7.44. The summed E-state index contributed by atoms with van der Waals surface area (Å²) >= 11 is 1.39. The molecule has 0 radical (unpaired) electrons. The molecule has 1 amide bonds. The van der Waals surface area contributed by atoms with Gasteiger partial charge in [0, 0.05) is 5.56 Å². The summed E-state index contributed by atoms with van der Waals surface area (Å²) in [5.41, 5.74) is 1.91. The number of nitrogens with one attached hydrogen (secondary N) is 1. The van der Waals surface area contributed by atoms with Crippen LogP contribution in [0.5, 0.6) is 0 Å². The van der Waals surface area contributed by atoms with E-state index in [0.717, 1.165) is 11.1 Å². The summed E-state index contributed by atoms with van der Waals surface area (Å²) in [7, 11) is 0. The largest absolute Gasteiger partial charge is 0.463 e. The van der Waals surface area contributed by atoms with Crippen LogP contribution in [0.25, 0.3) is 11.1 Å². The number of benzene rings is 1. The van der Waals surface area contributed by atoms with Crippen LogP contribution in [0.3, 0.4) is 0 Å². The zero-order chi connectivity index (χ0) is 15.1. The molecule has 0 atom stereocenters. The predicted molar refractivity (Wildman–Crippen MR) is 81.4 cm³/mol. The van der Waals surface area contributed by atoms with Gasteiger partial charge in [-0.3, -0.25) is 5.32 Å². The Morgan fingerprint density at radius 2 is 1.90 bits per heavy atom. The molecule has 0 bridgehead atoms. The van der Waals surface area contributed by atoms with Gasteiger partial charge in [-0.1, -0.05) is 30.3 Å². The van der Waals surface area contributed by atoms with Crippen LogP contribution in [-0.2, 0) is 14.3 Å². The summed E-state index contributed by atoms with van der Waals surface area (Å²) in [6, 6.07) is 11.6. The quantitative estimate of drug-likeness (QED) is 0.858. The van der Waals surface area contributed by atoms with Crippen molar-refractivity contribution < 1.29 is 19.1 Å². The van der Waals surface area contributed by atoms with Gasteiger partial charge >= 0.3 is 12.1 Å². The molecule has 1 N–H and O–H groups in total. The Morgan fingerprint density at radius 1 is 1.14 bits per heavy atom. The van der Waals surface area contributed by atoms with Crippen molar-refractivity contribution in [1.29, 1.82) is 0 Å². The highest BCUT2D eigenvalue weighted by Gasteiger charge is 2.12. The lowest BCUT2D eigenvalue weighted by Crippen LogP contribution is -2.20. The standard InChI is InChI=1S/C15H15NO4S/c1-2-19-13(17)10-20-15(18)16-14-12(8-9-21-14)11-6-4-3-5-7-11/h3-9H,2,10H2,1H3,(H,16,18). The van der Waals surface area contributed by atoms with Crippen LogP contribution in [0, 0.1) is 0 Å². The topological polar surface area (TPSA) is 64.6 Å². The van der Waals surface area contributed by atoms with Crippen LogP contribution in [0.1, 0.15) is 6.92 Å². The molecule has 1 heterocycles. The first-order chi connectivity index (χ1) is 10.2. The highest BCUT2D eigenvalue weighted by molar-refractivity contribution is 7.15. The number of thiophene rings is 1. The maximum Gasteiger partial charge on any atom is 0.412 e. The van der Waals surface area contributed by atoms with Gasteiger partial charge in [0.15, 0.2) is 6.61 Å². The lowest BCUT2D eigenvalue weighted by molar-refractivity contribution is -0.146. The molecule has 0 unspecified atom stereocenters. The molecule has 6 heteroatoms. The van der Waals surface area contributed by atoms with E-state index in [2.05, 4.69) is 10.1 Å². The number of ether oxygens (including phenoxy) is 2. The summed E-state index contributed by atoms with van der Waals surface area (Å²) in [5, 5.41) is 5.19. The van der Waals surface area contributed by atoms with E-state index in [1.807, 2.05) is 41.8 Å². The first-order valence-corrected chi connectivity index (χ1v) is 7.31. The van der Waals surface area contributed by atoms with Crippen LogP contribution in [0.2, 0.25) is 0 Å². The molecule has 110 valence electrons. The van der Waals surface area contributed by atoms with Gasteiger partial charge in [-0.15, -0.1) is 11.3 Å². The van der Waals surface area contributed by atoms with Crippen molar-refractivity contribution >= 4 is 28.4 Å². The van der Waals surface area contributed by atoms with E-state index in [1.54, 1.807) is 6.92 Å². The number of esters is 1. The minimum atomic E-state index is -0.678. The van der Waals surface area contributed by atoms with E-state index in [1.165, 1.54) is 11.3 Å². The fraction of sp³-hybridized carbons (Fsp3) is 0.200. The first kappa shape index (κ1) is 15.1. The molecule has 0 aliphatic rings. The zero-order valence-electron chi connectivity index (χ0n) is 11.5. The Kier molecular flexibility index (Phi) is 5.34. The van der Waals surface area contributed by atoms with Gasteiger partial charge in [0.25, 0.3) is 0 Å². The Bertz CT molecular complexity index is 609. The fourth-order valence-electron chi connectivity index (χ4n) is 1.71. The summed E-state index contributed by atoms with van der Waals surface area (Å²) in [4.78, 5) is 22.8. The van der Waals surface area contributed by atoms with E-state index in [-0.39, 0.29) is 6.61 Å². The molecule has 0 saturated heterocycles. The Balaban J connectivity index is 1.96.